The predicted molar refractivity (Wildman–Crippen MR) is 157 cm³/mol. The Kier molecular flexibility index (Phi) is 14.8. The zero-order chi connectivity index (χ0) is 29.9. The maximum absolute atomic E-state index is 12.5. The molecule has 8 nitrogen and oxygen atoms in total. The van der Waals surface area contributed by atoms with Crippen molar-refractivity contribution in [2.24, 2.45) is 0 Å². The standard InChI is InChI=1S/C31H32O8.C2H6/c1-3-5-20-35-25-12-8-23(9-13-25)30(33)38-27-16-18-28(19-17-27)39-31(34)24-10-14-26(15-11-24)36-21-6-7-22-37-29(32)4-2;1-2/h4,8-19H,2-3,5-7,20-22H2,1H3;1-2H3. The number of carbonyl (C=O) groups is 3. The smallest absolute Gasteiger partial charge is 0.343 e. The number of rotatable bonds is 15. The van der Waals surface area contributed by atoms with E-state index in [1.54, 1.807) is 72.8 Å². The van der Waals surface area contributed by atoms with Gasteiger partial charge in [0, 0.05) is 6.08 Å². The summed E-state index contributed by atoms with van der Waals surface area (Å²) in [6.45, 7) is 10.8. The van der Waals surface area contributed by atoms with Crippen LogP contribution in [0.1, 0.15) is 67.2 Å². The Morgan fingerprint density at radius 1 is 0.610 bits per heavy atom. The van der Waals surface area contributed by atoms with Crippen LogP contribution < -0.4 is 18.9 Å². The molecule has 0 aliphatic heterocycles. The summed E-state index contributed by atoms with van der Waals surface area (Å²) in [6, 6.07) is 19.6. The summed E-state index contributed by atoms with van der Waals surface area (Å²) in [7, 11) is 0. The molecule has 0 heterocycles. The number of ether oxygens (including phenoxy) is 5. The molecule has 3 aromatic rings. The number of carbonyl (C=O) groups excluding carboxylic acids is 3. The third kappa shape index (κ3) is 12.0. The molecular formula is C33H38O8. The van der Waals surface area contributed by atoms with Crippen molar-refractivity contribution in [1.82, 2.24) is 0 Å². The van der Waals surface area contributed by atoms with Gasteiger partial charge in [-0.1, -0.05) is 33.8 Å². The molecule has 0 amide bonds. The summed E-state index contributed by atoms with van der Waals surface area (Å²) >= 11 is 0. The fourth-order valence-corrected chi connectivity index (χ4v) is 3.24. The van der Waals surface area contributed by atoms with Crippen LogP contribution in [0.3, 0.4) is 0 Å². The second kappa shape index (κ2) is 18.7. The summed E-state index contributed by atoms with van der Waals surface area (Å²) < 4.78 is 27.0. The first-order chi connectivity index (χ1) is 20.0. The molecule has 0 spiro atoms. The molecular weight excluding hydrogens is 524 g/mol. The summed E-state index contributed by atoms with van der Waals surface area (Å²) in [5.74, 6) is 0.473. The minimum atomic E-state index is -0.531. The Morgan fingerprint density at radius 2 is 1.00 bits per heavy atom. The molecule has 3 rings (SSSR count). The summed E-state index contributed by atoms with van der Waals surface area (Å²) in [5.41, 5.74) is 0.756. The normalized spacial score (nSPS) is 9.93. The lowest BCUT2D eigenvalue weighted by molar-refractivity contribution is -0.137. The topological polar surface area (TPSA) is 97.4 Å². The molecule has 41 heavy (non-hydrogen) atoms. The van der Waals surface area contributed by atoms with Crippen LogP contribution in [-0.4, -0.2) is 37.7 Å². The van der Waals surface area contributed by atoms with Crippen LogP contribution in [0.15, 0.2) is 85.5 Å². The molecule has 0 aromatic heterocycles. The second-order valence-electron chi connectivity index (χ2n) is 8.43. The molecule has 3 aromatic carbocycles. The van der Waals surface area contributed by atoms with E-state index in [1.807, 2.05) is 13.8 Å². The van der Waals surface area contributed by atoms with Gasteiger partial charge in [0.2, 0.25) is 0 Å². The minimum absolute atomic E-state index is 0.311. The van der Waals surface area contributed by atoms with Crippen LogP contribution in [0.5, 0.6) is 23.0 Å². The Morgan fingerprint density at radius 3 is 1.41 bits per heavy atom. The molecule has 0 bridgehead atoms. The van der Waals surface area contributed by atoms with Gasteiger partial charge in [-0.3, -0.25) is 0 Å². The molecule has 0 saturated heterocycles. The molecule has 0 aliphatic rings. The van der Waals surface area contributed by atoms with Crippen molar-refractivity contribution >= 4 is 17.9 Å². The van der Waals surface area contributed by atoms with E-state index < -0.39 is 17.9 Å². The van der Waals surface area contributed by atoms with Crippen molar-refractivity contribution in [3.8, 4) is 23.0 Å². The van der Waals surface area contributed by atoms with Crippen molar-refractivity contribution in [2.45, 2.75) is 46.5 Å². The lowest BCUT2D eigenvalue weighted by Crippen LogP contribution is -2.10. The number of hydrogen-bond donors (Lipinski definition) is 0. The van der Waals surface area contributed by atoms with Crippen molar-refractivity contribution < 1.29 is 38.1 Å². The molecule has 0 fully saturated rings. The molecule has 218 valence electrons. The Hall–Kier alpha value is -4.59. The fraction of sp³-hybridized carbons (Fsp3) is 0.303. The highest BCUT2D eigenvalue weighted by Crippen LogP contribution is 2.21. The monoisotopic (exact) mass is 562 g/mol. The minimum Gasteiger partial charge on any atom is -0.494 e. The average Bonchev–Trinajstić information content (AvgIpc) is 3.01. The van der Waals surface area contributed by atoms with E-state index in [4.69, 9.17) is 23.7 Å². The van der Waals surface area contributed by atoms with Gasteiger partial charge in [0.15, 0.2) is 0 Å². The number of unbranched alkanes of at least 4 members (excludes halogenated alkanes) is 2. The highest BCUT2D eigenvalue weighted by molar-refractivity contribution is 5.92. The maximum atomic E-state index is 12.5. The van der Waals surface area contributed by atoms with Crippen LogP contribution in [0, 0.1) is 0 Å². The highest BCUT2D eigenvalue weighted by atomic mass is 16.5. The van der Waals surface area contributed by atoms with Crippen LogP contribution in [-0.2, 0) is 9.53 Å². The van der Waals surface area contributed by atoms with Gasteiger partial charge in [-0.25, -0.2) is 14.4 Å². The summed E-state index contributed by atoms with van der Waals surface area (Å²) in [5, 5.41) is 0. The number of esters is 3. The zero-order valence-corrected chi connectivity index (χ0v) is 23.9. The first-order valence-corrected chi connectivity index (χ1v) is 13.8. The van der Waals surface area contributed by atoms with E-state index in [9.17, 15) is 14.4 Å². The first kappa shape index (κ1) is 32.6. The van der Waals surface area contributed by atoms with Crippen molar-refractivity contribution in [2.75, 3.05) is 19.8 Å². The Labute approximate surface area is 241 Å². The third-order valence-corrected chi connectivity index (χ3v) is 5.41. The SMILES string of the molecule is C=CC(=O)OCCCCOc1ccc(C(=O)Oc2ccc(OC(=O)c3ccc(OCCCC)cc3)cc2)cc1.CC. The largest absolute Gasteiger partial charge is 0.494 e. The second-order valence-corrected chi connectivity index (χ2v) is 8.43. The van der Waals surface area contributed by atoms with Crippen molar-refractivity contribution in [1.29, 1.82) is 0 Å². The lowest BCUT2D eigenvalue weighted by atomic mass is 10.2. The molecule has 0 atom stereocenters. The van der Waals surface area contributed by atoms with E-state index in [0.717, 1.165) is 18.9 Å². The van der Waals surface area contributed by atoms with Crippen LogP contribution in [0.4, 0.5) is 0 Å². The first-order valence-electron chi connectivity index (χ1n) is 13.8. The lowest BCUT2D eigenvalue weighted by Gasteiger charge is -2.09. The molecule has 0 N–H and O–H groups in total. The average molecular weight is 563 g/mol. The molecule has 0 saturated carbocycles. The highest BCUT2D eigenvalue weighted by Gasteiger charge is 2.12. The van der Waals surface area contributed by atoms with Gasteiger partial charge in [0.05, 0.1) is 30.9 Å². The maximum Gasteiger partial charge on any atom is 0.343 e. The van der Waals surface area contributed by atoms with Gasteiger partial charge < -0.3 is 23.7 Å². The van der Waals surface area contributed by atoms with Gasteiger partial charge in [-0.15, -0.1) is 0 Å². The van der Waals surface area contributed by atoms with Crippen molar-refractivity contribution in [3.05, 3.63) is 96.6 Å². The van der Waals surface area contributed by atoms with Gasteiger partial charge in [-0.05, 0) is 92.1 Å². The van der Waals surface area contributed by atoms with E-state index >= 15 is 0 Å². The fourth-order valence-electron chi connectivity index (χ4n) is 3.24. The van der Waals surface area contributed by atoms with Gasteiger partial charge in [0.25, 0.3) is 0 Å². The molecule has 8 heteroatoms. The predicted octanol–water partition coefficient (Wildman–Crippen LogP) is 7.22. The van der Waals surface area contributed by atoms with E-state index in [2.05, 4.69) is 13.5 Å². The van der Waals surface area contributed by atoms with Crippen LogP contribution in [0.2, 0.25) is 0 Å². The molecule has 0 unspecified atom stereocenters. The van der Waals surface area contributed by atoms with Gasteiger partial charge >= 0.3 is 17.9 Å². The van der Waals surface area contributed by atoms with Gasteiger partial charge in [-0.2, -0.15) is 0 Å². The number of hydrogen-bond acceptors (Lipinski definition) is 8. The Balaban J connectivity index is 0.00000287. The van der Waals surface area contributed by atoms with Crippen molar-refractivity contribution in [3.63, 3.8) is 0 Å². The summed E-state index contributed by atoms with van der Waals surface area (Å²) in [4.78, 5) is 35.9. The van der Waals surface area contributed by atoms with E-state index in [1.165, 1.54) is 0 Å². The van der Waals surface area contributed by atoms with E-state index in [0.29, 0.717) is 66.8 Å². The zero-order valence-electron chi connectivity index (χ0n) is 23.9. The van der Waals surface area contributed by atoms with E-state index in [-0.39, 0.29) is 0 Å². The molecule has 0 radical (unpaired) electrons. The van der Waals surface area contributed by atoms with Crippen LogP contribution in [0.25, 0.3) is 0 Å². The number of benzene rings is 3. The Bertz CT molecular complexity index is 1220. The molecule has 0 aliphatic carbocycles. The quantitative estimate of drug-likeness (QED) is 0.0829. The summed E-state index contributed by atoms with van der Waals surface area (Å²) in [6.07, 6.45) is 4.52. The van der Waals surface area contributed by atoms with Crippen LogP contribution >= 0.6 is 0 Å². The third-order valence-electron chi connectivity index (χ3n) is 5.41. The van der Waals surface area contributed by atoms with Gasteiger partial charge in [0.1, 0.15) is 23.0 Å².